The van der Waals surface area contributed by atoms with Crippen LogP contribution in [0.1, 0.15) is 30.1 Å². The minimum absolute atomic E-state index is 0.0794. The quantitative estimate of drug-likeness (QED) is 0.343. The number of halogens is 4. The fraction of sp³-hybridized carbons (Fsp3) is 0.208. The molecule has 1 aliphatic carbocycles. The number of aromatic nitrogens is 5. The second-order valence-electron chi connectivity index (χ2n) is 8.32. The molecule has 1 amide bonds. The summed E-state index contributed by atoms with van der Waals surface area (Å²) in [5.41, 5.74) is 1.02. The first kappa shape index (κ1) is 23.4. The second kappa shape index (κ2) is 9.36. The highest BCUT2D eigenvalue weighted by Crippen LogP contribution is 2.34. The van der Waals surface area contributed by atoms with Gasteiger partial charge in [0, 0.05) is 24.2 Å². The fourth-order valence-corrected chi connectivity index (χ4v) is 3.50. The van der Waals surface area contributed by atoms with Gasteiger partial charge >= 0.3 is 6.18 Å². The van der Waals surface area contributed by atoms with E-state index in [0.29, 0.717) is 23.1 Å². The largest absolute Gasteiger partial charge is 0.433 e. The van der Waals surface area contributed by atoms with Crippen LogP contribution in [0.25, 0.3) is 11.1 Å². The summed E-state index contributed by atoms with van der Waals surface area (Å²) >= 11 is 0. The molecule has 0 unspecified atom stereocenters. The molecule has 0 bridgehead atoms. The van der Waals surface area contributed by atoms with Crippen LogP contribution < -0.4 is 10.6 Å². The monoisotopic (exact) mass is 497 g/mol. The lowest BCUT2D eigenvalue weighted by atomic mass is 10.0. The maximum absolute atomic E-state index is 14.7. The van der Waals surface area contributed by atoms with E-state index in [-0.39, 0.29) is 17.7 Å². The molecule has 0 radical (unpaired) electrons. The van der Waals surface area contributed by atoms with Crippen LogP contribution in [0.4, 0.5) is 34.9 Å². The zero-order chi connectivity index (χ0) is 25.3. The van der Waals surface area contributed by atoms with Crippen molar-refractivity contribution < 1.29 is 22.4 Å². The van der Waals surface area contributed by atoms with Crippen LogP contribution in [0, 0.1) is 5.82 Å². The molecule has 5 rings (SSSR count). The Morgan fingerprint density at radius 2 is 1.75 bits per heavy atom. The standard InChI is InChI=1S/C24H19F4N7O/c25-20-7-14(16-9-30-23(31-10-16)34-18-12-32-35(13-18)19-4-5-19)1-2-15(20)8-22(36)33-17-3-6-21(29-11-17)24(26,27)28/h1-3,6-7,9-13,19H,4-5,8H2,(H,33,36)(H,30,31,34). The number of hydrogen-bond donors (Lipinski definition) is 2. The van der Waals surface area contributed by atoms with Gasteiger partial charge in [0.15, 0.2) is 0 Å². The lowest BCUT2D eigenvalue weighted by Gasteiger charge is -2.09. The van der Waals surface area contributed by atoms with E-state index in [2.05, 4.69) is 30.7 Å². The maximum atomic E-state index is 14.7. The Labute approximate surface area is 202 Å². The van der Waals surface area contributed by atoms with E-state index >= 15 is 0 Å². The maximum Gasteiger partial charge on any atom is 0.433 e. The lowest BCUT2D eigenvalue weighted by Crippen LogP contribution is -2.16. The van der Waals surface area contributed by atoms with Crippen molar-refractivity contribution in [1.29, 1.82) is 0 Å². The van der Waals surface area contributed by atoms with E-state index in [4.69, 9.17) is 0 Å². The number of anilines is 3. The Kier molecular flexibility index (Phi) is 6.08. The number of hydrogen-bond acceptors (Lipinski definition) is 6. The Hall–Kier alpha value is -4.35. The Balaban J connectivity index is 1.20. The van der Waals surface area contributed by atoms with Crippen molar-refractivity contribution in [3.05, 3.63) is 78.4 Å². The number of pyridine rings is 1. The highest BCUT2D eigenvalue weighted by atomic mass is 19.4. The molecule has 1 fully saturated rings. The normalized spacial score (nSPS) is 13.4. The third kappa shape index (κ3) is 5.48. The third-order valence-electron chi connectivity index (χ3n) is 5.51. The molecular formula is C24H19F4N7O. The van der Waals surface area contributed by atoms with Gasteiger partial charge in [-0.2, -0.15) is 18.3 Å². The SMILES string of the molecule is O=C(Cc1ccc(-c2cnc(Nc3cnn(C4CC4)c3)nc2)cc1F)Nc1ccc(C(F)(F)F)nc1. The summed E-state index contributed by atoms with van der Waals surface area (Å²) in [5, 5.41) is 9.78. The van der Waals surface area contributed by atoms with E-state index in [1.807, 2.05) is 10.9 Å². The average molecular weight is 497 g/mol. The fourth-order valence-electron chi connectivity index (χ4n) is 3.50. The van der Waals surface area contributed by atoms with Crippen LogP contribution in [-0.2, 0) is 17.4 Å². The summed E-state index contributed by atoms with van der Waals surface area (Å²) in [5.74, 6) is -0.824. The minimum atomic E-state index is -4.57. The molecule has 0 atom stereocenters. The van der Waals surface area contributed by atoms with Crippen molar-refractivity contribution in [1.82, 2.24) is 24.7 Å². The molecular weight excluding hydrogens is 478 g/mol. The first-order valence-electron chi connectivity index (χ1n) is 11.0. The predicted octanol–water partition coefficient (Wildman–Crippen LogP) is 5.15. The van der Waals surface area contributed by atoms with Crippen molar-refractivity contribution >= 4 is 23.2 Å². The predicted molar refractivity (Wildman–Crippen MR) is 123 cm³/mol. The summed E-state index contributed by atoms with van der Waals surface area (Å²) in [6.45, 7) is 0. The molecule has 1 aromatic carbocycles. The molecule has 0 saturated heterocycles. The first-order chi connectivity index (χ1) is 17.2. The minimum Gasteiger partial charge on any atom is -0.324 e. The molecule has 8 nitrogen and oxygen atoms in total. The van der Waals surface area contributed by atoms with Gasteiger partial charge in [-0.1, -0.05) is 12.1 Å². The van der Waals surface area contributed by atoms with Gasteiger partial charge in [0.25, 0.3) is 0 Å². The molecule has 1 saturated carbocycles. The van der Waals surface area contributed by atoms with Gasteiger partial charge < -0.3 is 10.6 Å². The summed E-state index contributed by atoms with van der Waals surface area (Å²) in [6, 6.07) is 6.69. The zero-order valence-electron chi connectivity index (χ0n) is 18.6. The van der Waals surface area contributed by atoms with E-state index < -0.39 is 23.6 Å². The summed E-state index contributed by atoms with van der Waals surface area (Å²) in [7, 11) is 0. The van der Waals surface area contributed by atoms with Crippen LogP contribution >= 0.6 is 0 Å². The van der Waals surface area contributed by atoms with Crippen molar-refractivity contribution in [3.8, 4) is 11.1 Å². The number of carbonyl (C=O) groups is 1. The summed E-state index contributed by atoms with van der Waals surface area (Å²) in [4.78, 5) is 24.1. The molecule has 0 aliphatic heterocycles. The highest BCUT2D eigenvalue weighted by molar-refractivity contribution is 5.92. The number of amides is 1. The molecule has 184 valence electrons. The van der Waals surface area contributed by atoms with Crippen LogP contribution in [0.2, 0.25) is 0 Å². The van der Waals surface area contributed by atoms with Crippen molar-refractivity contribution in [2.45, 2.75) is 31.5 Å². The van der Waals surface area contributed by atoms with E-state index in [1.165, 1.54) is 12.1 Å². The van der Waals surface area contributed by atoms with Crippen LogP contribution in [0.5, 0.6) is 0 Å². The Morgan fingerprint density at radius 1 is 0.972 bits per heavy atom. The molecule has 4 aromatic rings. The number of nitrogens with one attached hydrogen (secondary N) is 2. The number of nitrogens with zero attached hydrogens (tertiary/aromatic N) is 5. The third-order valence-corrected chi connectivity index (χ3v) is 5.51. The Bertz CT molecular complexity index is 1380. The van der Waals surface area contributed by atoms with Gasteiger partial charge in [-0.25, -0.2) is 19.3 Å². The smallest absolute Gasteiger partial charge is 0.324 e. The summed E-state index contributed by atoms with van der Waals surface area (Å²) in [6.07, 6.45) is 4.99. The topological polar surface area (TPSA) is 97.6 Å². The Morgan fingerprint density at radius 3 is 2.39 bits per heavy atom. The van der Waals surface area contributed by atoms with Crippen LogP contribution in [0.3, 0.4) is 0 Å². The first-order valence-corrected chi connectivity index (χ1v) is 11.0. The van der Waals surface area contributed by atoms with Gasteiger partial charge in [-0.15, -0.1) is 0 Å². The molecule has 2 N–H and O–H groups in total. The van der Waals surface area contributed by atoms with Crippen molar-refractivity contribution in [3.63, 3.8) is 0 Å². The van der Waals surface area contributed by atoms with Crippen LogP contribution in [-0.4, -0.2) is 30.6 Å². The summed E-state index contributed by atoms with van der Waals surface area (Å²) < 4.78 is 54.4. The highest BCUT2D eigenvalue weighted by Gasteiger charge is 2.32. The van der Waals surface area contributed by atoms with Gasteiger partial charge in [0.1, 0.15) is 11.5 Å². The van der Waals surface area contributed by atoms with E-state index in [1.54, 1.807) is 24.7 Å². The zero-order valence-corrected chi connectivity index (χ0v) is 18.6. The van der Waals surface area contributed by atoms with E-state index in [0.717, 1.165) is 36.9 Å². The molecule has 0 spiro atoms. The lowest BCUT2D eigenvalue weighted by molar-refractivity contribution is -0.141. The number of alkyl halides is 3. The molecule has 36 heavy (non-hydrogen) atoms. The van der Waals surface area contributed by atoms with Gasteiger partial charge in [-0.3, -0.25) is 9.48 Å². The average Bonchev–Trinajstić information content (AvgIpc) is 3.59. The van der Waals surface area contributed by atoms with Crippen molar-refractivity contribution in [2.75, 3.05) is 10.6 Å². The van der Waals surface area contributed by atoms with Crippen molar-refractivity contribution in [2.24, 2.45) is 0 Å². The molecule has 3 heterocycles. The van der Waals surface area contributed by atoms with Gasteiger partial charge in [0.2, 0.25) is 11.9 Å². The number of carbonyl (C=O) groups excluding carboxylic acids is 1. The number of rotatable bonds is 7. The van der Waals surface area contributed by atoms with E-state index in [9.17, 15) is 22.4 Å². The van der Waals surface area contributed by atoms with Crippen LogP contribution in [0.15, 0.2) is 61.3 Å². The molecule has 12 heteroatoms. The molecule has 3 aromatic heterocycles. The second-order valence-corrected chi connectivity index (χ2v) is 8.32. The van der Waals surface area contributed by atoms with Gasteiger partial charge in [-0.05, 0) is 42.2 Å². The number of benzene rings is 1. The molecule has 1 aliphatic rings. The van der Waals surface area contributed by atoms with Gasteiger partial charge in [0.05, 0.1) is 36.2 Å².